The molecule has 1 aromatic carbocycles. The quantitative estimate of drug-likeness (QED) is 0.812. The predicted octanol–water partition coefficient (Wildman–Crippen LogP) is 5.17. The van der Waals surface area contributed by atoms with Crippen LogP contribution in [0.3, 0.4) is 0 Å². The molecule has 0 saturated heterocycles. The number of ether oxygens (including phenoxy) is 1. The van der Waals surface area contributed by atoms with Crippen LogP contribution in [-0.2, 0) is 4.74 Å². The van der Waals surface area contributed by atoms with Crippen molar-refractivity contribution in [2.24, 2.45) is 4.99 Å². The number of pyridine rings is 1. The van der Waals surface area contributed by atoms with Crippen LogP contribution in [0.2, 0.25) is 0 Å². The van der Waals surface area contributed by atoms with Gasteiger partial charge in [-0.3, -0.25) is 4.99 Å². The van der Waals surface area contributed by atoms with E-state index in [1.54, 1.807) is 6.07 Å². The fraction of sp³-hybridized carbons (Fsp3) is 0.381. The number of aliphatic imine (C=N–C) groups is 1. The summed E-state index contributed by atoms with van der Waals surface area (Å²) in [7, 11) is 0. The molecular formula is C21H24FN3O2. The highest BCUT2D eigenvalue weighted by Crippen LogP contribution is 2.30. The Bertz CT molecular complexity index is 929. The number of carbonyl (C=O) groups is 1. The first-order chi connectivity index (χ1) is 12.7. The molecule has 1 amide bonds. The molecule has 0 bridgehead atoms. The summed E-state index contributed by atoms with van der Waals surface area (Å²) in [5.41, 5.74) is 2.32. The number of nitrogens with one attached hydrogen (secondary N) is 1. The smallest absolute Gasteiger partial charge is 0.408 e. The van der Waals surface area contributed by atoms with Gasteiger partial charge in [0.15, 0.2) is 0 Å². The number of aromatic nitrogens is 1. The molecule has 6 heteroatoms. The lowest BCUT2D eigenvalue weighted by Crippen LogP contribution is -2.34. The Kier molecular flexibility index (Phi) is 5.26. The van der Waals surface area contributed by atoms with E-state index in [1.807, 2.05) is 46.1 Å². The second-order valence-electron chi connectivity index (χ2n) is 7.60. The number of rotatable bonds is 3. The summed E-state index contributed by atoms with van der Waals surface area (Å²) in [5.74, 6) is -0.316. The monoisotopic (exact) mass is 369 g/mol. The SMILES string of the molecule is C[C@H](NC(=O)OC(C)(C)C)c1nc2ccc(F)cc2cc1C1=CCCC=N1. The molecule has 2 heterocycles. The number of allylic oxidation sites excluding steroid dienone is 1. The van der Waals surface area contributed by atoms with E-state index in [-0.39, 0.29) is 5.82 Å². The maximum Gasteiger partial charge on any atom is 0.408 e. The highest BCUT2D eigenvalue weighted by atomic mass is 19.1. The Labute approximate surface area is 158 Å². The number of amides is 1. The van der Waals surface area contributed by atoms with Gasteiger partial charge in [0.25, 0.3) is 0 Å². The van der Waals surface area contributed by atoms with Crippen LogP contribution in [0.15, 0.2) is 35.3 Å². The molecule has 0 spiro atoms. The zero-order valence-electron chi connectivity index (χ0n) is 16.0. The molecule has 0 radical (unpaired) electrons. The van der Waals surface area contributed by atoms with Gasteiger partial charge in [-0.25, -0.2) is 14.2 Å². The fourth-order valence-corrected chi connectivity index (χ4v) is 2.94. The van der Waals surface area contributed by atoms with Crippen molar-refractivity contribution in [1.82, 2.24) is 10.3 Å². The Balaban J connectivity index is 2.01. The lowest BCUT2D eigenvalue weighted by Gasteiger charge is -2.23. The average Bonchev–Trinajstić information content (AvgIpc) is 2.59. The fourth-order valence-electron chi connectivity index (χ4n) is 2.94. The standard InChI is InChI=1S/C21H24FN3O2/c1-13(24-20(26)27-21(2,3)4)19-16(18-7-5-6-10-23-18)12-14-11-15(22)8-9-17(14)25-19/h7-13H,5-6H2,1-4H3,(H,24,26)/t13-/m0/s1. The summed E-state index contributed by atoms with van der Waals surface area (Å²) in [4.78, 5) is 21.3. The third-order valence-corrected chi connectivity index (χ3v) is 4.09. The van der Waals surface area contributed by atoms with Crippen molar-refractivity contribution in [3.8, 4) is 0 Å². The van der Waals surface area contributed by atoms with Gasteiger partial charge < -0.3 is 10.1 Å². The van der Waals surface area contributed by atoms with Crippen molar-refractivity contribution < 1.29 is 13.9 Å². The zero-order valence-corrected chi connectivity index (χ0v) is 16.0. The van der Waals surface area contributed by atoms with Gasteiger partial charge >= 0.3 is 6.09 Å². The number of hydrogen-bond donors (Lipinski definition) is 1. The number of alkyl carbamates (subject to hydrolysis) is 1. The first-order valence-corrected chi connectivity index (χ1v) is 9.06. The van der Waals surface area contributed by atoms with Crippen LogP contribution >= 0.6 is 0 Å². The molecule has 2 aromatic rings. The van der Waals surface area contributed by atoms with Gasteiger partial charge in [-0.2, -0.15) is 0 Å². The summed E-state index contributed by atoms with van der Waals surface area (Å²) in [5, 5.41) is 3.53. The van der Waals surface area contributed by atoms with Crippen molar-refractivity contribution in [2.45, 2.75) is 52.2 Å². The molecule has 5 nitrogen and oxygen atoms in total. The van der Waals surface area contributed by atoms with E-state index in [0.717, 1.165) is 24.1 Å². The number of nitrogens with zero attached hydrogens (tertiary/aromatic N) is 2. The third kappa shape index (κ3) is 4.70. The Hall–Kier alpha value is -2.76. The summed E-state index contributed by atoms with van der Waals surface area (Å²) >= 11 is 0. The van der Waals surface area contributed by atoms with Crippen molar-refractivity contribution in [1.29, 1.82) is 0 Å². The van der Waals surface area contributed by atoms with E-state index >= 15 is 0 Å². The second-order valence-corrected chi connectivity index (χ2v) is 7.60. The van der Waals surface area contributed by atoms with E-state index in [1.165, 1.54) is 12.1 Å². The molecule has 0 unspecified atom stereocenters. The van der Waals surface area contributed by atoms with E-state index in [4.69, 9.17) is 4.74 Å². The second kappa shape index (κ2) is 7.47. The molecule has 0 saturated carbocycles. The van der Waals surface area contributed by atoms with Crippen LogP contribution in [0.1, 0.15) is 57.8 Å². The molecule has 1 aromatic heterocycles. The Morgan fingerprint density at radius 2 is 2.04 bits per heavy atom. The highest BCUT2D eigenvalue weighted by molar-refractivity contribution is 5.86. The van der Waals surface area contributed by atoms with Gasteiger partial charge in [0.1, 0.15) is 11.4 Å². The molecule has 142 valence electrons. The van der Waals surface area contributed by atoms with E-state index < -0.39 is 17.7 Å². The third-order valence-electron chi connectivity index (χ3n) is 4.09. The maximum atomic E-state index is 13.7. The lowest BCUT2D eigenvalue weighted by atomic mass is 10.0. The zero-order chi connectivity index (χ0) is 19.6. The number of halogens is 1. The van der Waals surface area contributed by atoms with Crippen LogP contribution in [0.5, 0.6) is 0 Å². The van der Waals surface area contributed by atoms with Crippen molar-refractivity contribution in [3.05, 3.63) is 47.4 Å². The normalized spacial score (nSPS) is 15.4. The molecule has 1 N–H and O–H groups in total. The van der Waals surface area contributed by atoms with Crippen LogP contribution in [0.4, 0.5) is 9.18 Å². The number of carbonyl (C=O) groups excluding carboxylic acids is 1. The largest absolute Gasteiger partial charge is 0.444 e. The highest BCUT2D eigenvalue weighted by Gasteiger charge is 2.22. The molecule has 1 atom stereocenters. The number of benzene rings is 1. The van der Waals surface area contributed by atoms with Crippen LogP contribution in [0.25, 0.3) is 16.6 Å². The Morgan fingerprint density at radius 3 is 2.70 bits per heavy atom. The summed E-state index contributed by atoms with van der Waals surface area (Å²) < 4.78 is 19.0. The van der Waals surface area contributed by atoms with Gasteiger partial charge in [0.2, 0.25) is 0 Å². The molecule has 0 aliphatic carbocycles. The van der Waals surface area contributed by atoms with Crippen LogP contribution < -0.4 is 5.32 Å². The molecule has 3 rings (SSSR count). The van der Waals surface area contributed by atoms with Gasteiger partial charge in [0.05, 0.1) is 22.9 Å². The first-order valence-electron chi connectivity index (χ1n) is 9.06. The van der Waals surface area contributed by atoms with Crippen molar-refractivity contribution in [3.63, 3.8) is 0 Å². The van der Waals surface area contributed by atoms with Gasteiger partial charge in [-0.05, 0) is 64.8 Å². The van der Waals surface area contributed by atoms with Gasteiger partial charge in [-0.1, -0.05) is 6.08 Å². The van der Waals surface area contributed by atoms with E-state index in [2.05, 4.69) is 15.3 Å². The van der Waals surface area contributed by atoms with Crippen LogP contribution in [0, 0.1) is 5.82 Å². The summed E-state index contributed by atoms with van der Waals surface area (Å²) in [6.07, 6.45) is 5.16. The van der Waals surface area contributed by atoms with Gasteiger partial charge in [0, 0.05) is 17.2 Å². The lowest BCUT2D eigenvalue weighted by molar-refractivity contribution is 0.0507. The van der Waals surface area contributed by atoms with Crippen LogP contribution in [-0.4, -0.2) is 22.9 Å². The number of fused-ring (bicyclic) bond motifs is 1. The minimum atomic E-state index is -0.586. The molecular weight excluding hydrogens is 345 g/mol. The predicted molar refractivity (Wildman–Crippen MR) is 105 cm³/mol. The molecule has 27 heavy (non-hydrogen) atoms. The summed E-state index contributed by atoms with van der Waals surface area (Å²) in [6, 6.07) is 5.94. The molecule has 0 fully saturated rings. The summed E-state index contributed by atoms with van der Waals surface area (Å²) in [6.45, 7) is 7.28. The first kappa shape index (κ1) is 19.0. The van der Waals surface area contributed by atoms with E-state index in [0.29, 0.717) is 16.6 Å². The number of hydrogen-bond acceptors (Lipinski definition) is 4. The van der Waals surface area contributed by atoms with Crippen molar-refractivity contribution >= 4 is 28.9 Å². The molecule has 1 aliphatic heterocycles. The minimum absolute atomic E-state index is 0.316. The van der Waals surface area contributed by atoms with Crippen molar-refractivity contribution in [2.75, 3.05) is 0 Å². The average molecular weight is 369 g/mol. The molecule has 1 aliphatic rings. The topological polar surface area (TPSA) is 63.6 Å². The van der Waals surface area contributed by atoms with E-state index in [9.17, 15) is 9.18 Å². The minimum Gasteiger partial charge on any atom is -0.444 e. The Morgan fingerprint density at radius 1 is 1.26 bits per heavy atom. The maximum absolute atomic E-state index is 13.7. The van der Waals surface area contributed by atoms with Gasteiger partial charge in [-0.15, -0.1) is 0 Å².